The molecule has 15 heteroatoms. The molecule has 0 spiro atoms. The number of hydrogen-bond donors (Lipinski definition) is 2. The second kappa shape index (κ2) is 15.4. The Balaban J connectivity index is 0.776. The molecule has 2 N–H and O–H groups in total. The lowest BCUT2D eigenvalue weighted by Crippen LogP contribution is -2.53. The van der Waals surface area contributed by atoms with Gasteiger partial charge in [0.1, 0.15) is 42.5 Å². The maximum atomic E-state index is 13.7. The van der Waals surface area contributed by atoms with Gasteiger partial charge in [-0.3, -0.25) is 49.2 Å². The molecule has 15 nitrogen and oxygen atoms in total. The summed E-state index contributed by atoms with van der Waals surface area (Å²) in [7, 11) is 3.52. The zero-order valence-electron chi connectivity index (χ0n) is 35.5. The van der Waals surface area contributed by atoms with Crippen LogP contribution in [0, 0.1) is 0 Å². The molecule has 0 radical (unpaired) electrons. The minimum Gasteiger partial charge on any atom is -0.494 e. The molecule has 6 aromatic carbocycles. The minimum atomic E-state index is -0.771. The average Bonchev–Trinajstić information content (AvgIpc) is 3.95. The number of ether oxygens (including phenoxy) is 3. The summed E-state index contributed by atoms with van der Waals surface area (Å²) in [6, 6.07) is 29.0. The summed E-state index contributed by atoms with van der Waals surface area (Å²) in [5.41, 5.74) is 7.09. The SMILES string of the molecule is COc1cc(OCCOc2ccc3c(c2)N(c2ccc4c5c(cccc25)N(C2CCC(=O)NC2=O)C4=O)CC3)ccc1N(C)c1ccc2c3c(cccc13)N(C1CCC(=O)NC1=O)C2=O. The van der Waals surface area contributed by atoms with Gasteiger partial charge in [0, 0.05) is 77.2 Å². The summed E-state index contributed by atoms with van der Waals surface area (Å²) in [4.78, 5) is 84.1. The smallest absolute Gasteiger partial charge is 0.259 e. The van der Waals surface area contributed by atoms with Gasteiger partial charge < -0.3 is 24.0 Å². The van der Waals surface area contributed by atoms with E-state index in [0.717, 1.165) is 57.3 Å². The number of benzene rings is 6. The Labute approximate surface area is 372 Å². The Morgan fingerprint density at radius 1 is 0.600 bits per heavy atom. The first-order valence-corrected chi connectivity index (χ1v) is 21.6. The van der Waals surface area contributed by atoms with E-state index in [9.17, 15) is 28.8 Å². The van der Waals surface area contributed by atoms with Crippen LogP contribution in [0.1, 0.15) is 52.0 Å². The average molecular weight is 871 g/mol. The van der Waals surface area contributed by atoms with Gasteiger partial charge in [0.05, 0.1) is 35.3 Å². The number of nitrogens with zero attached hydrogens (tertiary/aromatic N) is 4. The van der Waals surface area contributed by atoms with Crippen molar-refractivity contribution < 1.29 is 43.0 Å². The monoisotopic (exact) mass is 870 g/mol. The van der Waals surface area contributed by atoms with E-state index < -0.39 is 23.9 Å². The predicted octanol–water partition coefficient (Wildman–Crippen LogP) is 6.45. The number of amides is 6. The molecule has 0 saturated carbocycles. The van der Waals surface area contributed by atoms with E-state index in [1.807, 2.05) is 96.9 Å². The lowest BCUT2D eigenvalue weighted by Gasteiger charge is -2.30. The Bertz CT molecular complexity index is 3100. The summed E-state index contributed by atoms with van der Waals surface area (Å²) >= 11 is 0. The van der Waals surface area contributed by atoms with Crippen molar-refractivity contribution >= 4 is 91.1 Å². The number of fused-ring (bicyclic) bond motifs is 1. The lowest BCUT2D eigenvalue weighted by atomic mass is 10.0. The molecule has 11 rings (SSSR count). The summed E-state index contributed by atoms with van der Waals surface area (Å²) in [5, 5.41) is 8.06. The Morgan fingerprint density at radius 3 is 1.80 bits per heavy atom. The van der Waals surface area contributed by atoms with Gasteiger partial charge in [-0.25, -0.2) is 0 Å². The number of carbonyl (C=O) groups excluding carboxylic acids is 6. The topological polar surface area (TPSA) is 167 Å². The molecule has 6 amide bonds. The molecule has 5 heterocycles. The first-order chi connectivity index (χ1) is 31.6. The fraction of sp³-hybridized carbons (Fsp3) is 0.240. The van der Waals surface area contributed by atoms with Crippen LogP contribution in [0.5, 0.6) is 17.2 Å². The van der Waals surface area contributed by atoms with Crippen molar-refractivity contribution in [3.05, 3.63) is 114 Å². The van der Waals surface area contributed by atoms with Crippen molar-refractivity contribution in [1.29, 1.82) is 0 Å². The van der Waals surface area contributed by atoms with Crippen LogP contribution < -0.4 is 44.4 Å². The Kier molecular flexibility index (Phi) is 9.45. The van der Waals surface area contributed by atoms with Crippen LogP contribution in [0.3, 0.4) is 0 Å². The number of rotatable bonds is 11. The maximum absolute atomic E-state index is 13.7. The molecule has 2 atom stereocenters. The molecule has 6 aromatic rings. The van der Waals surface area contributed by atoms with Crippen molar-refractivity contribution in [2.75, 3.05) is 53.5 Å². The maximum Gasteiger partial charge on any atom is 0.259 e. The van der Waals surface area contributed by atoms with Crippen molar-refractivity contribution in [1.82, 2.24) is 10.6 Å². The molecule has 326 valence electrons. The number of hydrogen-bond acceptors (Lipinski definition) is 11. The number of methoxy groups -OCH3 is 1. The number of carbonyl (C=O) groups is 6. The molecule has 0 aromatic heterocycles. The second-order valence-corrected chi connectivity index (χ2v) is 16.7. The van der Waals surface area contributed by atoms with E-state index in [2.05, 4.69) is 21.6 Å². The molecule has 65 heavy (non-hydrogen) atoms. The summed E-state index contributed by atoms with van der Waals surface area (Å²) < 4.78 is 18.2. The van der Waals surface area contributed by atoms with Gasteiger partial charge in [-0.2, -0.15) is 0 Å². The van der Waals surface area contributed by atoms with Crippen LogP contribution in [-0.2, 0) is 25.6 Å². The predicted molar refractivity (Wildman–Crippen MR) is 243 cm³/mol. The van der Waals surface area contributed by atoms with E-state index in [1.165, 1.54) is 10.5 Å². The van der Waals surface area contributed by atoms with Gasteiger partial charge in [-0.15, -0.1) is 0 Å². The largest absolute Gasteiger partial charge is 0.494 e. The van der Waals surface area contributed by atoms with Crippen LogP contribution in [0.2, 0.25) is 0 Å². The highest BCUT2D eigenvalue weighted by Crippen LogP contribution is 2.48. The summed E-state index contributed by atoms with van der Waals surface area (Å²) in [6.07, 6.45) is 1.72. The van der Waals surface area contributed by atoms with Crippen LogP contribution in [0.25, 0.3) is 21.5 Å². The van der Waals surface area contributed by atoms with Crippen molar-refractivity contribution in [2.45, 2.75) is 44.2 Å². The zero-order valence-corrected chi connectivity index (χ0v) is 35.5. The fourth-order valence-corrected chi connectivity index (χ4v) is 10.2. The quantitative estimate of drug-likeness (QED) is 0.109. The molecule has 0 bridgehead atoms. The third kappa shape index (κ3) is 6.39. The first-order valence-electron chi connectivity index (χ1n) is 21.6. The molecule has 0 aliphatic carbocycles. The van der Waals surface area contributed by atoms with E-state index in [1.54, 1.807) is 18.1 Å². The van der Waals surface area contributed by atoms with Crippen LogP contribution in [0.15, 0.2) is 97.1 Å². The number of anilines is 6. The molecular weight excluding hydrogens is 829 g/mol. The fourth-order valence-electron chi connectivity index (χ4n) is 10.2. The summed E-state index contributed by atoms with van der Waals surface area (Å²) in [5.74, 6) is -0.244. The third-order valence-corrected chi connectivity index (χ3v) is 13.2. The highest BCUT2D eigenvalue weighted by Gasteiger charge is 2.43. The van der Waals surface area contributed by atoms with Crippen molar-refractivity contribution in [3.63, 3.8) is 0 Å². The highest BCUT2D eigenvalue weighted by atomic mass is 16.5. The van der Waals surface area contributed by atoms with Crippen LogP contribution >= 0.6 is 0 Å². The van der Waals surface area contributed by atoms with Gasteiger partial charge >= 0.3 is 0 Å². The van der Waals surface area contributed by atoms with Crippen molar-refractivity contribution in [3.8, 4) is 17.2 Å². The number of piperidine rings is 2. The first kappa shape index (κ1) is 39.9. The van der Waals surface area contributed by atoms with Gasteiger partial charge in [-0.1, -0.05) is 30.3 Å². The normalized spacial score (nSPS) is 18.7. The number of imide groups is 2. The van der Waals surface area contributed by atoms with E-state index in [4.69, 9.17) is 14.2 Å². The Morgan fingerprint density at radius 2 is 1.17 bits per heavy atom. The van der Waals surface area contributed by atoms with Gasteiger partial charge in [0.25, 0.3) is 11.8 Å². The van der Waals surface area contributed by atoms with Crippen LogP contribution in [-0.4, -0.2) is 81.4 Å². The molecule has 2 unspecified atom stereocenters. The molecular formula is C50H42N6O9. The van der Waals surface area contributed by atoms with Gasteiger partial charge in [-0.05, 0) is 79.4 Å². The van der Waals surface area contributed by atoms with Gasteiger partial charge in [0.2, 0.25) is 23.6 Å². The van der Waals surface area contributed by atoms with Crippen LogP contribution in [0.4, 0.5) is 34.1 Å². The van der Waals surface area contributed by atoms with E-state index in [-0.39, 0.29) is 62.5 Å². The summed E-state index contributed by atoms with van der Waals surface area (Å²) in [6.45, 7) is 1.28. The molecule has 2 fully saturated rings. The standard InChI is InChI=1S/C50H42N6O9/c1-53(34-15-12-32-45-30(34)5-3-7-37(45)55(49(32)61)39-17-19-43(57)51-47(39)59)36-14-11-29(26-42(36)63-2)65-24-23-64-28-10-9-27-21-22-54(41(27)25-28)35-16-13-33-46-31(35)6-4-8-38(46)56(50(33)62)40-18-20-44(58)52-48(40)60/h3-16,25-26,39-40H,17-24H2,1-2H3,(H,51,57,59)(H,52,58,60). The zero-order chi connectivity index (χ0) is 44.7. The second-order valence-electron chi connectivity index (χ2n) is 16.7. The van der Waals surface area contributed by atoms with E-state index >= 15 is 0 Å². The minimum absolute atomic E-state index is 0.167. The lowest BCUT2D eigenvalue weighted by molar-refractivity contribution is -0.135. The molecule has 2 saturated heterocycles. The Hall–Kier alpha value is -7.94. The third-order valence-electron chi connectivity index (χ3n) is 13.2. The molecule has 5 aliphatic rings. The highest BCUT2D eigenvalue weighted by molar-refractivity contribution is 6.30. The van der Waals surface area contributed by atoms with Crippen molar-refractivity contribution in [2.24, 2.45) is 0 Å². The molecule has 5 aliphatic heterocycles. The van der Waals surface area contributed by atoms with E-state index in [0.29, 0.717) is 39.8 Å². The van der Waals surface area contributed by atoms with Gasteiger partial charge in [0.15, 0.2) is 0 Å². The number of nitrogens with one attached hydrogen (secondary N) is 2.